The van der Waals surface area contributed by atoms with Crippen molar-refractivity contribution in [3.63, 3.8) is 0 Å². The smallest absolute Gasteiger partial charge is 0.221 e. The number of benzene rings is 1. The van der Waals surface area contributed by atoms with E-state index in [0.29, 0.717) is 12.0 Å². The van der Waals surface area contributed by atoms with Crippen LogP contribution in [0.2, 0.25) is 0 Å². The summed E-state index contributed by atoms with van der Waals surface area (Å²) in [6, 6.07) is 10.4. The van der Waals surface area contributed by atoms with Gasteiger partial charge in [0.1, 0.15) is 0 Å². The van der Waals surface area contributed by atoms with Gasteiger partial charge in [-0.25, -0.2) is 0 Å². The number of carbonyl (C=O) groups excluding carboxylic acids is 1. The van der Waals surface area contributed by atoms with Crippen LogP contribution in [-0.4, -0.2) is 64.6 Å². The molecule has 2 heterocycles. The van der Waals surface area contributed by atoms with E-state index in [2.05, 4.69) is 41.1 Å². The molecule has 0 radical (unpaired) electrons. The number of hydrogen-bond acceptors (Lipinski definition) is 5. The first-order valence-electron chi connectivity index (χ1n) is 10.2. The highest BCUT2D eigenvalue weighted by atomic mass is 16.3. The summed E-state index contributed by atoms with van der Waals surface area (Å²) in [5.74, 6) is 0.565. The van der Waals surface area contributed by atoms with Crippen LogP contribution in [0.3, 0.4) is 0 Å². The Labute approximate surface area is 167 Å². The van der Waals surface area contributed by atoms with Crippen molar-refractivity contribution in [2.75, 3.05) is 38.1 Å². The highest BCUT2D eigenvalue weighted by Crippen LogP contribution is 2.20. The van der Waals surface area contributed by atoms with Crippen molar-refractivity contribution in [1.82, 2.24) is 14.8 Å². The van der Waals surface area contributed by atoms with Gasteiger partial charge in [0.25, 0.3) is 0 Å². The normalized spacial score (nSPS) is 18.7. The molecule has 2 N–H and O–H groups in total. The van der Waals surface area contributed by atoms with Crippen molar-refractivity contribution in [1.29, 1.82) is 0 Å². The maximum Gasteiger partial charge on any atom is 0.221 e. The zero-order chi connectivity index (χ0) is 20.1. The van der Waals surface area contributed by atoms with Gasteiger partial charge >= 0.3 is 0 Å². The Bertz CT molecular complexity index is 808. The predicted octanol–water partition coefficient (Wildman–Crippen LogP) is 2.72. The molecule has 1 aromatic heterocycles. The molecule has 28 heavy (non-hydrogen) atoms. The number of aliphatic hydroxyl groups is 1. The van der Waals surface area contributed by atoms with E-state index in [1.807, 2.05) is 18.2 Å². The van der Waals surface area contributed by atoms with Gasteiger partial charge in [0.2, 0.25) is 5.91 Å². The number of amides is 1. The number of pyridine rings is 1. The maximum absolute atomic E-state index is 11.2. The van der Waals surface area contributed by atoms with E-state index in [-0.39, 0.29) is 12.5 Å². The van der Waals surface area contributed by atoms with E-state index in [9.17, 15) is 9.90 Å². The summed E-state index contributed by atoms with van der Waals surface area (Å²) < 4.78 is 0. The van der Waals surface area contributed by atoms with E-state index >= 15 is 0 Å². The summed E-state index contributed by atoms with van der Waals surface area (Å²) in [5.41, 5.74) is 2.79. The van der Waals surface area contributed by atoms with Crippen molar-refractivity contribution < 1.29 is 9.90 Å². The molecule has 1 atom stereocenters. The Morgan fingerprint density at radius 2 is 2.11 bits per heavy atom. The maximum atomic E-state index is 11.2. The fraction of sp³-hybridized carbons (Fsp3) is 0.545. The lowest BCUT2D eigenvalue weighted by Gasteiger charge is -2.42. The second-order valence-corrected chi connectivity index (χ2v) is 8.18. The summed E-state index contributed by atoms with van der Waals surface area (Å²) in [5, 5.41) is 13.3. The first kappa shape index (κ1) is 20.7. The average molecular weight is 385 g/mol. The molecule has 1 fully saturated rings. The fourth-order valence-corrected chi connectivity index (χ4v) is 4.00. The lowest BCUT2D eigenvalue weighted by Crippen LogP contribution is -2.53. The number of anilines is 1. The van der Waals surface area contributed by atoms with Gasteiger partial charge in [-0.2, -0.15) is 0 Å². The van der Waals surface area contributed by atoms with Gasteiger partial charge in [-0.3, -0.25) is 19.6 Å². The van der Waals surface area contributed by atoms with E-state index in [4.69, 9.17) is 4.98 Å². The van der Waals surface area contributed by atoms with Crippen molar-refractivity contribution in [3.8, 4) is 0 Å². The van der Waals surface area contributed by atoms with Crippen LogP contribution in [-0.2, 0) is 11.3 Å². The third-order valence-electron chi connectivity index (χ3n) is 5.20. The molecule has 1 aliphatic heterocycles. The molecular weight excluding hydrogens is 352 g/mol. The highest BCUT2D eigenvalue weighted by molar-refractivity contribution is 5.92. The number of carbonyl (C=O) groups is 1. The molecule has 2 aromatic rings. The molecular formula is C22H32N4O2. The van der Waals surface area contributed by atoms with Gasteiger partial charge in [0.15, 0.2) is 0 Å². The monoisotopic (exact) mass is 384 g/mol. The molecule has 1 amide bonds. The Hall–Kier alpha value is -2.02. The Morgan fingerprint density at radius 1 is 1.29 bits per heavy atom. The molecule has 0 saturated carbocycles. The number of hydrogen-bond donors (Lipinski definition) is 2. The van der Waals surface area contributed by atoms with Crippen LogP contribution in [0.15, 0.2) is 30.3 Å². The molecule has 1 aliphatic rings. The lowest BCUT2D eigenvalue weighted by atomic mass is 10.1. The van der Waals surface area contributed by atoms with Gasteiger partial charge in [-0.15, -0.1) is 0 Å². The third-order valence-corrected chi connectivity index (χ3v) is 5.20. The summed E-state index contributed by atoms with van der Waals surface area (Å²) in [6.45, 7) is 11.2. The number of rotatable bonds is 7. The van der Waals surface area contributed by atoms with Gasteiger partial charge in [-0.1, -0.05) is 19.9 Å². The summed E-state index contributed by atoms with van der Waals surface area (Å²) in [4.78, 5) is 21.0. The van der Waals surface area contributed by atoms with Crippen molar-refractivity contribution in [2.45, 2.75) is 39.8 Å². The molecule has 6 nitrogen and oxygen atoms in total. The average Bonchev–Trinajstić information content (AvgIpc) is 2.63. The highest BCUT2D eigenvalue weighted by Gasteiger charge is 2.27. The SMILES string of the molecule is CC(=O)Nc1ccc2nc(CN3CCN(CC(C)C)[C@@H](CCO)C3)ccc2c1. The van der Waals surface area contributed by atoms with Crippen LogP contribution in [0.25, 0.3) is 10.9 Å². The van der Waals surface area contributed by atoms with Gasteiger partial charge < -0.3 is 10.4 Å². The molecule has 0 spiro atoms. The molecule has 3 rings (SSSR count). The Morgan fingerprint density at radius 3 is 2.82 bits per heavy atom. The molecule has 6 heteroatoms. The second kappa shape index (κ2) is 9.45. The van der Waals surface area contributed by atoms with Gasteiger partial charge in [0.05, 0.1) is 11.2 Å². The number of nitrogens with zero attached hydrogens (tertiary/aromatic N) is 3. The Kier molecular flexibility index (Phi) is 6.99. The van der Waals surface area contributed by atoms with E-state index in [0.717, 1.165) is 61.4 Å². The van der Waals surface area contributed by atoms with Crippen LogP contribution in [0.4, 0.5) is 5.69 Å². The minimum absolute atomic E-state index is 0.0713. The van der Waals surface area contributed by atoms with Gasteiger partial charge in [-0.05, 0) is 36.6 Å². The van der Waals surface area contributed by atoms with Gasteiger partial charge in [0, 0.05) is 63.4 Å². The summed E-state index contributed by atoms with van der Waals surface area (Å²) >= 11 is 0. The van der Waals surface area contributed by atoms with Crippen molar-refractivity contribution >= 4 is 22.5 Å². The Balaban J connectivity index is 1.67. The zero-order valence-corrected chi connectivity index (χ0v) is 17.2. The topological polar surface area (TPSA) is 68.7 Å². The number of aliphatic hydroxyl groups excluding tert-OH is 1. The first-order chi connectivity index (χ1) is 13.4. The number of nitrogens with one attached hydrogen (secondary N) is 1. The van der Waals surface area contributed by atoms with Crippen molar-refractivity contribution in [2.24, 2.45) is 5.92 Å². The molecule has 0 bridgehead atoms. The minimum Gasteiger partial charge on any atom is -0.396 e. The molecule has 1 aromatic carbocycles. The van der Waals surface area contributed by atoms with Crippen LogP contribution < -0.4 is 5.32 Å². The fourth-order valence-electron chi connectivity index (χ4n) is 4.00. The molecule has 0 unspecified atom stereocenters. The van der Waals surface area contributed by atoms with E-state index < -0.39 is 0 Å². The summed E-state index contributed by atoms with van der Waals surface area (Å²) in [6.07, 6.45) is 0.820. The number of aromatic nitrogens is 1. The zero-order valence-electron chi connectivity index (χ0n) is 17.2. The van der Waals surface area contributed by atoms with E-state index in [1.165, 1.54) is 6.92 Å². The lowest BCUT2D eigenvalue weighted by molar-refractivity contribution is -0.114. The number of fused-ring (bicyclic) bond motifs is 1. The minimum atomic E-state index is -0.0713. The predicted molar refractivity (Wildman–Crippen MR) is 113 cm³/mol. The summed E-state index contributed by atoms with van der Waals surface area (Å²) in [7, 11) is 0. The standard InChI is InChI=1S/C22H32N4O2/c1-16(2)13-26-10-9-25(15-21(26)8-11-27)14-20-5-4-18-12-19(23-17(3)28)6-7-22(18)24-20/h4-7,12,16,21,27H,8-11,13-15H2,1-3H3,(H,23,28)/t21-/m0/s1. The van der Waals surface area contributed by atoms with Crippen LogP contribution >= 0.6 is 0 Å². The molecule has 1 saturated heterocycles. The molecule has 0 aliphatic carbocycles. The second-order valence-electron chi connectivity index (χ2n) is 8.18. The number of piperazine rings is 1. The quantitative estimate of drug-likeness (QED) is 0.768. The van der Waals surface area contributed by atoms with E-state index in [1.54, 1.807) is 0 Å². The van der Waals surface area contributed by atoms with Crippen LogP contribution in [0.5, 0.6) is 0 Å². The van der Waals surface area contributed by atoms with Crippen LogP contribution in [0, 0.1) is 5.92 Å². The first-order valence-corrected chi connectivity index (χ1v) is 10.2. The largest absolute Gasteiger partial charge is 0.396 e. The molecule has 152 valence electrons. The third kappa shape index (κ3) is 5.50. The van der Waals surface area contributed by atoms with Crippen LogP contribution in [0.1, 0.15) is 32.9 Å². The van der Waals surface area contributed by atoms with Crippen molar-refractivity contribution in [3.05, 3.63) is 36.0 Å².